The monoisotopic (exact) mass is 442 g/mol. The molecule has 0 aliphatic carbocycles. The van der Waals surface area contributed by atoms with Crippen LogP contribution in [-0.4, -0.2) is 42.6 Å². The average Bonchev–Trinajstić information content (AvgIpc) is 3.05. The summed E-state index contributed by atoms with van der Waals surface area (Å²) in [5.74, 6) is -1.05. The Kier molecular flexibility index (Phi) is 8.39. The Hall–Kier alpha value is -2.74. The fraction of sp³-hybridized carbons (Fsp3) is 0.440. The van der Waals surface area contributed by atoms with Crippen LogP contribution in [0.25, 0.3) is 0 Å². The molecule has 0 unspecified atom stereocenters. The number of hydrogen-bond donors (Lipinski definition) is 0. The van der Waals surface area contributed by atoms with Gasteiger partial charge in [-0.25, -0.2) is 0 Å². The molecule has 1 saturated heterocycles. The van der Waals surface area contributed by atoms with Crippen molar-refractivity contribution in [3.05, 3.63) is 71.8 Å². The zero-order chi connectivity index (χ0) is 23.0. The summed E-state index contributed by atoms with van der Waals surface area (Å²) in [6, 6.07) is 19.4. The molecule has 0 spiro atoms. The van der Waals surface area contributed by atoms with E-state index in [1.165, 1.54) is 13.8 Å². The Bertz CT molecular complexity index is 870. The number of ether oxygens (including phenoxy) is 5. The van der Waals surface area contributed by atoms with Gasteiger partial charge in [-0.15, -0.1) is 0 Å². The molecule has 1 heterocycles. The second-order valence-corrected chi connectivity index (χ2v) is 7.78. The molecular weight excluding hydrogens is 412 g/mol. The van der Waals surface area contributed by atoms with E-state index in [0.717, 1.165) is 11.1 Å². The van der Waals surface area contributed by atoms with Crippen molar-refractivity contribution in [2.75, 3.05) is 6.61 Å². The maximum atomic E-state index is 11.8. The van der Waals surface area contributed by atoms with Gasteiger partial charge in [0.15, 0.2) is 6.10 Å². The maximum absolute atomic E-state index is 11.8. The number of hydrogen-bond acceptors (Lipinski definition) is 7. The van der Waals surface area contributed by atoms with Crippen LogP contribution in [0, 0.1) is 0 Å². The van der Waals surface area contributed by atoms with Crippen LogP contribution >= 0.6 is 0 Å². The van der Waals surface area contributed by atoms with Gasteiger partial charge in [0.25, 0.3) is 0 Å². The Morgan fingerprint density at radius 3 is 1.97 bits per heavy atom. The molecular formula is C25H30O7. The minimum Gasteiger partial charge on any atom is -0.453 e. The van der Waals surface area contributed by atoms with Gasteiger partial charge in [-0.2, -0.15) is 0 Å². The normalized spacial score (nSPS) is 24.8. The Morgan fingerprint density at radius 1 is 0.875 bits per heavy atom. The van der Waals surface area contributed by atoms with Crippen molar-refractivity contribution in [1.29, 1.82) is 0 Å². The smallest absolute Gasteiger partial charge is 0.305 e. The summed E-state index contributed by atoms with van der Waals surface area (Å²) in [4.78, 5) is 23.5. The van der Waals surface area contributed by atoms with E-state index in [1.807, 2.05) is 67.6 Å². The lowest BCUT2D eigenvalue weighted by Gasteiger charge is -2.33. The third kappa shape index (κ3) is 6.16. The minimum absolute atomic E-state index is 0.174. The molecule has 4 atom stereocenters. The van der Waals surface area contributed by atoms with E-state index < -0.39 is 36.0 Å². The summed E-state index contributed by atoms with van der Waals surface area (Å²) >= 11 is 0. The van der Waals surface area contributed by atoms with Gasteiger partial charge in [0.05, 0.1) is 19.8 Å². The molecule has 32 heavy (non-hydrogen) atoms. The number of benzene rings is 2. The van der Waals surface area contributed by atoms with Gasteiger partial charge in [0.2, 0.25) is 6.29 Å². The van der Waals surface area contributed by atoms with E-state index >= 15 is 0 Å². The molecule has 2 aromatic carbocycles. The lowest BCUT2D eigenvalue weighted by Crippen LogP contribution is -2.49. The van der Waals surface area contributed by atoms with E-state index in [4.69, 9.17) is 23.7 Å². The highest BCUT2D eigenvalue weighted by atomic mass is 16.8. The van der Waals surface area contributed by atoms with E-state index in [2.05, 4.69) is 0 Å². The van der Waals surface area contributed by atoms with Gasteiger partial charge in [0.1, 0.15) is 11.7 Å². The first-order chi connectivity index (χ1) is 15.4. The van der Waals surface area contributed by atoms with Crippen molar-refractivity contribution in [3.8, 4) is 0 Å². The van der Waals surface area contributed by atoms with Crippen LogP contribution in [0.1, 0.15) is 38.3 Å². The first-order valence-corrected chi connectivity index (χ1v) is 10.7. The largest absolute Gasteiger partial charge is 0.453 e. The molecule has 3 rings (SSSR count). The van der Waals surface area contributed by atoms with E-state index in [9.17, 15) is 9.59 Å². The van der Waals surface area contributed by atoms with Crippen molar-refractivity contribution in [1.82, 2.24) is 0 Å². The Balaban J connectivity index is 1.82. The molecule has 0 radical (unpaired) electrons. The van der Waals surface area contributed by atoms with Crippen molar-refractivity contribution in [3.63, 3.8) is 0 Å². The molecule has 172 valence electrons. The predicted molar refractivity (Wildman–Crippen MR) is 116 cm³/mol. The first kappa shape index (κ1) is 23.9. The van der Waals surface area contributed by atoms with Crippen molar-refractivity contribution >= 4 is 11.9 Å². The summed E-state index contributed by atoms with van der Waals surface area (Å²) in [6.45, 7) is 5.36. The standard InChI is InChI=1S/C25H30O7/c1-4-25(17-28-15-20-11-7-5-8-12-20)23(29-16-21-13-9-6-10-14-21)22(30-18(2)26)24(32-25)31-19(3)27/h5-14,22-24H,4,15-17H2,1-3H3/t22-,23+,24+,25-/m1/s1. The molecule has 1 aliphatic heterocycles. The van der Waals surface area contributed by atoms with Crippen molar-refractivity contribution < 1.29 is 33.3 Å². The van der Waals surface area contributed by atoms with E-state index in [1.54, 1.807) is 0 Å². The number of carbonyl (C=O) groups excluding carboxylic acids is 2. The highest BCUT2D eigenvalue weighted by Crippen LogP contribution is 2.39. The Labute approximate surface area is 188 Å². The van der Waals surface area contributed by atoms with Crippen molar-refractivity contribution in [2.24, 2.45) is 0 Å². The second-order valence-electron chi connectivity index (χ2n) is 7.78. The summed E-state index contributed by atoms with van der Waals surface area (Å²) in [5.41, 5.74) is 1.01. The molecule has 1 fully saturated rings. The summed E-state index contributed by atoms with van der Waals surface area (Å²) in [6.07, 6.45) is -2.20. The average molecular weight is 443 g/mol. The lowest BCUT2D eigenvalue weighted by atomic mass is 9.92. The van der Waals surface area contributed by atoms with E-state index in [-0.39, 0.29) is 13.2 Å². The highest BCUT2D eigenvalue weighted by Gasteiger charge is 2.58. The second kappa shape index (κ2) is 11.2. The van der Waals surface area contributed by atoms with E-state index in [0.29, 0.717) is 13.0 Å². The summed E-state index contributed by atoms with van der Waals surface area (Å²) in [7, 11) is 0. The molecule has 0 amide bonds. The van der Waals surface area contributed by atoms with Gasteiger partial charge < -0.3 is 23.7 Å². The highest BCUT2D eigenvalue weighted by molar-refractivity contribution is 5.67. The van der Waals surface area contributed by atoms with Crippen LogP contribution < -0.4 is 0 Å². The zero-order valence-electron chi connectivity index (χ0n) is 18.7. The zero-order valence-corrected chi connectivity index (χ0v) is 18.7. The summed E-state index contributed by atoms with van der Waals surface area (Å²) < 4.78 is 29.3. The third-order valence-corrected chi connectivity index (χ3v) is 5.35. The Morgan fingerprint density at radius 2 is 1.44 bits per heavy atom. The quantitative estimate of drug-likeness (QED) is 0.518. The topological polar surface area (TPSA) is 80.3 Å². The summed E-state index contributed by atoms with van der Waals surface area (Å²) in [5, 5.41) is 0. The first-order valence-electron chi connectivity index (χ1n) is 10.7. The SMILES string of the molecule is CC[C@]1(COCc2ccccc2)O[C@H](OC(C)=O)[C@H](OC(C)=O)[C@@H]1OCc1ccccc1. The van der Waals surface area contributed by atoms with Crippen LogP contribution in [-0.2, 0) is 46.5 Å². The predicted octanol–water partition coefficient (Wildman–Crippen LogP) is 3.79. The molecule has 0 aromatic heterocycles. The van der Waals surface area contributed by atoms with Gasteiger partial charge in [-0.05, 0) is 17.5 Å². The van der Waals surface area contributed by atoms with Crippen LogP contribution in [0.4, 0.5) is 0 Å². The lowest BCUT2D eigenvalue weighted by molar-refractivity contribution is -0.212. The number of esters is 2. The minimum atomic E-state index is -1.09. The van der Waals surface area contributed by atoms with Crippen LogP contribution in [0.5, 0.6) is 0 Å². The van der Waals surface area contributed by atoms with Gasteiger partial charge in [-0.3, -0.25) is 9.59 Å². The molecule has 2 aromatic rings. The number of carbonyl (C=O) groups is 2. The fourth-order valence-corrected chi connectivity index (χ4v) is 3.80. The molecule has 7 heteroatoms. The van der Waals surface area contributed by atoms with Gasteiger partial charge in [-0.1, -0.05) is 67.6 Å². The molecule has 0 bridgehead atoms. The maximum Gasteiger partial charge on any atom is 0.305 e. The molecule has 7 nitrogen and oxygen atoms in total. The van der Waals surface area contributed by atoms with Crippen LogP contribution in [0.15, 0.2) is 60.7 Å². The van der Waals surface area contributed by atoms with Gasteiger partial charge >= 0.3 is 11.9 Å². The fourth-order valence-electron chi connectivity index (χ4n) is 3.80. The van der Waals surface area contributed by atoms with Crippen LogP contribution in [0.2, 0.25) is 0 Å². The third-order valence-electron chi connectivity index (χ3n) is 5.35. The molecule has 0 N–H and O–H groups in total. The van der Waals surface area contributed by atoms with Crippen molar-refractivity contribution in [2.45, 2.75) is 64.5 Å². The molecule has 1 aliphatic rings. The molecule has 0 saturated carbocycles. The van der Waals surface area contributed by atoms with Crippen LogP contribution in [0.3, 0.4) is 0 Å². The number of rotatable bonds is 10. The van der Waals surface area contributed by atoms with Gasteiger partial charge in [0, 0.05) is 13.8 Å².